The lowest BCUT2D eigenvalue weighted by Crippen LogP contribution is -2.19. The van der Waals surface area contributed by atoms with Crippen LogP contribution in [0.3, 0.4) is 0 Å². The normalized spacial score (nSPS) is 11.0. The minimum Gasteiger partial charge on any atom is -0.476 e. The fourth-order valence-corrected chi connectivity index (χ4v) is 3.13. The molecule has 0 fully saturated rings. The first-order valence-electron chi connectivity index (χ1n) is 9.33. The molecule has 0 aliphatic carbocycles. The van der Waals surface area contributed by atoms with Crippen molar-refractivity contribution in [3.05, 3.63) is 93.1 Å². The predicted molar refractivity (Wildman–Crippen MR) is 110 cm³/mol. The Kier molecular flexibility index (Phi) is 6.25. The van der Waals surface area contributed by atoms with Crippen LogP contribution in [0.25, 0.3) is 22.1 Å². The van der Waals surface area contributed by atoms with E-state index in [2.05, 4.69) is 4.74 Å². The summed E-state index contributed by atoms with van der Waals surface area (Å²) in [5.74, 6) is -14.2. The molecule has 0 bridgehead atoms. The van der Waals surface area contributed by atoms with Crippen molar-refractivity contribution in [1.29, 1.82) is 0 Å². The number of hydrogen-bond acceptors (Lipinski definition) is 5. The number of hydrogen-bond donors (Lipinski definition) is 0. The minimum absolute atomic E-state index is 0.0636. The van der Waals surface area contributed by atoms with Crippen LogP contribution in [0.5, 0.6) is 11.5 Å². The Balaban J connectivity index is 1.52. The molecular formula is C23H10ClF5O5. The summed E-state index contributed by atoms with van der Waals surface area (Å²) in [6.45, 7) is -1.17. The van der Waals surface area contributed by atoms with Gasteiger partial charge >= 0.3 is 5.97 Å². The van der Waals surface area contributed by atoms with Gasteiger partial charge in [0.2, 0.25) is 29.1 Å². The van der Waals surface area contributed by atoms with E-state index in [1.165, 1.54) is 24.5 Å². The molecule has 0 aliphatic heterocycles. The zero-order valence-corrected chi connectivity index (χ0v) is 17.4. The highest BCUT2D eigenvalue weighted by atomic mass is 35.5. The summed E-state index contributed by atoms with van der Waals surface area (Å²) < 4.78 is 81.6. The lowest BCUT2D eigenvalue weighted by Gasteiger charge is -2.10. The van der Waals surface area contributed by atoms with Crippen LogP contribution in [0.15, 0.2) is 57.9 Å². The molecule has 0 aliphatic rings. The van der Waals surface area contributed by atoms with Crippen molar-refractivity contribution in [3.63, 3.8) is 0 Å². The molecule has 1 aromatic heterocycles. The molecule has 4 aromatic rings. The van der Waals surface area contributed by atoms with Crippen molar-refractivity contribution in [2.75, 3.05) is 6.61 Å². The third kappa shape index (κ3) is 4.32. The van der Waals surface area contributed by atoms with Gasteiger partial charge in [0.15, 0.2) is 17.8 Å². The standard InChI is InChI=1S/C23H10ClF5O5/c24-11-3-1-10(2-4-11)14-8-32-15-7-12(5-6-13(15)22(14)31)34-16(30)9-33-23-20(28)18(26)17(25)19(27)21(23)29/h1-8H,9H2. The summed E-state index contributed by atoms with van der Waals surface area (Å²) >= 11 is 5.85. The minimum atomic E-state index is -2.36. The zero-order chi connectivity index (χ0) is 24.6. The first-order chi connectivity index (χ1) is 16.2. The predicted octanol–water partition coefficient (Wildman–Crippen LogP) is 5.79. The van der Waals surface area contributed by atoms with Crippen LogP contribution in [0.4, 0.5) is 22.0 Å². The van der Waals surface area contributed by atoms with E-state index in [1.807, 2.05) is 0 Å². The number of fused-ring (bicyclic) bond motifs is 1. The second-order valence-electron chi connectivity index (χ2n) is 6.81. The second kappa shape index (κ2) is 9.14. The third-order valence-electron chi connectivity index (χ3n) is 4.64. The molecule has 0 saturated heterocycles. The van der Waals surface area contributed by atoms with Gasteiger partial charge in [-0.25, -0.2) is 18.0 Å². The highest BCUT2D eigenvalue weighted by molar-refractivity contribution is 6.30. The average molecular weight is 497 g/mol. The highest BCUT2D eigenvalue weighted by Crippen LogP contribution is 2.29. The molecular weight excluding hydrogens is 487 g/mol. The van der Waals surface area contributed by atoms with Crippen molar-refractivity contribution in [2.45, 2.75) is 0 Å². The summed E-state index contributed by atoms with van der Waals surface area (Å²) in [5.41, 5.74) is 0.538. The molecule has 34 heavy (non-hydrogen) atoms. The van der Waals surface area contributed by atoms with Crippen molar-refractivity contribution in [2.24, 2.45) is 0 Å². The van der Waals surface area contributed by atoms with Gasteiger partial charge in [0, 0.05) is 11.1 Å². The van der Waals surface area contributed by atoms with Gasteiger partial charge in [-0.3, -0.25) is 4.79 Å². The van der Waals surface area contributed by atoms with Crippen LogP contribution in [0.2, 0.25) is 5.02 Å². The fourth-order valence-electron chi connectivity index (χ4n) is 3.00. The van der Waals surface area contributed by atoms with Gasteiger partial charge in [0.05, 0.1) is 10.9 Å². The first kappa shape index (κ1) is 23.2. The Morgan fingerprint density at radius 3 is 2.15 bits per heavy atom. The number of rotatable bonds is 5. The van der Waals surface area contributed by atoms with Crippen LogP contribution in [-0.2, 0) is 4.79 Å². The molecule has 5 nitrogen and oxygen atoms in total. The molecule has 0 atom stereocenters. The van der Waals surface area contributed by atoms with E-state index in [0.717, 1.165) is 0 Å². The molecule has 11 heteroatoms. The Labute approximate surface area is 191 Å². The van der Waals surface area contributed by atoms with E-state index >= 15 is 0 Å². The molecule has 174 valence electrons. The second-order valence-corrected chi connectivity index (χ2v) is 7.24. The largest absolute Gasteiger partial charge is 0.476 e. The summed E-state index contributed by atoms with van der Waals surface area (Å²) in [6, 6.07) is 10.3. The number of benzene rings is 3. The Morgan fingerprint density at radius 1 is 0.882 bits per heavy atom. The quantitative estimate of drug-likeness (QED) is 0.115. The number of halogens is 6. The van der Waals surface area contributed by atoms with Crippen LogP contribution in [0, 0.1) is 29.1 Å². The maximum Gasteiger partial charge on any atom is 0.349 e. The van der Waals surface area contributed by atoms with Crippen molar-refractivity contribution in [1.82, 2.24) is 0 Å². The summed E-state index contributed by atoms with van der Waals surface area (Å²) in [5, 5.41) is 0.662. The van der Waals surface area contributed by atoms with Crippen LogP contribution in [-0.4, -0.2) is 12.6 Å². The highest BCUT2D eigenvalue weighted by Gasteiger charge is 2.27. The summed E-state index contributed by atoms with van der Waals surface area (Å²) in [4.78, 5) is 24.7. The van der Waals surface area contributed by atoms with E-state index < -0.39 is 47.4 Å². The number of esters is 1. The number of ether oxygens (including phenoxy) is 2. The molecule has 0 amide bonds. The molecule has 3 aromatic carbocycles. The third-order valence-corrected chi connectivity index (χ3v) is 4.89. The first-order valence-corrected chi connectivity index (χ1v) is 9.71. The van der Waals surface area contributed by atoms with E-state index in [0.29, 0.717) is 10.6 Å². The van der Waals surface area contributed by atoms with Crippen LogP contribution in [0.1, 0.15) is 0 Å². The Morgan fingerprint density at radius 2 is 1.50 bits per heavy atom. The summed E-state index contributed by atoms with van der Waals surface area (Å²) in [7, 11) is 0. The van der Waals surface area contributed by atoms with Gasteiger partial charge in [-0.1, -0.05) is 23.7 Å². The fraction of sp³-hybridized carbons (Fsp3) is 0.0435. The van der Waals surface area contributed by atoms with E-state index in [1.54, 1.807) is 24.3 Å². The molecule has 0 unspecified atom stereocenters. The van der Waals surface area contributed by atoms with Crippen molar-refractivity contribution < 1.29 is 40.6 Å². The smallest absolute Gasteiger partial charge is 0.349 e. The topological polar surface area (TPSA) is 65.7 Å². The van der Waals surface area contributed by atoms with Crippen molar-refractivity contribution in [3.8, 4) is 22.6 Å². The number of carbonyl (C=O) groups excluding carboxylic acids is 1. The Hall–Kier alpha value is -3.92. The van der Waals surface area contributed by atoms with Gasteiger partial charge in [-0.15, -0.1) is 0 Å². The van der Waals surface area contributed by atoms with Gasteiger partial charge in [-0.05, 0) is 29.8 Å². The summed E-state index contributed by atoms with van der Waals surface area (Å²) in [6.07, 6.45) is 1.21. The molecule has 0 spiro atoms. The van der Waals surface area contributed by atoms with Gasteiger partial charge in [-0.2, -0.15) is 8.78 Å². The SMILES string of the molecule is O=C(COc1c(F)c(F)c(F)c(F)c1F)Oc1ccc2c(=O)c(-c3ccc(Cl)cc3)coc2c1. The van der Waals surface area contributed by atoms with Crippen molar-refractivity contribution >= 4 is 28.5 Å². The number of carbonyl (C=O) groups is 1. The molecule has 0 radical (unpaired) electrons. The van der Waals surface area contributed by atoms with E-state index in [9.17, 15) is 31.5 Å². The molecule has 0 saturated carbocycles. The zero-order valence-electron chi connectivity index (χ0n) is 16.6. The molecule has 4 rings (SSSR count). The monoisotopic (exact) mass is 496 g/mol. The lowest BCUT2D eigenvalue weighted by atomic mass is 10.1. The van der Waals surface area contributed by atoms with Crippen LogP contribution >= 0.6 is 11.6 Å². The molecule has 0 N–H and O–H groups in total. The van der Waals surface area contributed by atoms with E-state index in [4.69, 9.17) is 20.8 Å². The molecule has 1 heterocycles. The lowest BCUT2D eigenvalue weighted by molar-refractivity contribution is -0.136. The van der Waals surface area contributed by atoms with Crippen LogP contribution < -0.4 is 14.9 Å². The maximum atomic E-state index is 13.6. The van der Waals surface area contributed by atoms with E-state index in [-0.39, 0.29) is 27.7 Å². The van der Waals surface area contributed by atoms with Gasteiger partial charge in [0.1, 0.15) is 17.6 Å². The average Bonchev–Trinajstić information content (AvgIpc) is 2.82. The van der Waals surface area contributed by atoms with Gasteiger partial charge < -0.3 is 13.9 Å². The maximum absolute atomic E-state index is 13.6. The Bertz CT molecular complexity index is 1460. The van der Waals surface area contributed by atoms with Gasteiger partial charge in [0.25, 0.3) is 0 Å².